The molecule has 0 aliphatic carbocycles. The van der Waals surface area contributed by atoms with Crippen molar-refractivity contribution in [1.82, 2.24) is 29.8 Å². The van der Waals surface area contributed by atoms with E-state index in [0.717, 1.165) is 6.07 Å². The average molecular weight is 454 g/mol. The molecule has 1 atom stereocenters. The van der Waals surface area contributed by atoms with E-state index in [4.69, 9.17) is 15.2 Å². The van der Waals surface area contributed by atoms with Gasteiger partial charge in [-0.15, -0.1) is 0 Å². The largest absolute Gasteiger partial charge is 0.421 e. The van der Waals surface area contributed by atoms with Crippen LogP contribution in [0, 0.1) is 5.82 Å². The smallest absolute Gasteiger partial charge is 0.327 e. The molecule has 0 radical (unpaired) electrons. The predicted molar refractivity (Wildman–Crippen MR) is 117 cm³/mol. The Balaban J connectivity index is 1.71. The molecule has 1 amide bonds. The van der Waals surface area contributed by atoms with Gasteiger partial charge in [0.05, 0.1) is 24.8 Å². The highest BCUT2D eigenvalue weighted by atomic mass is 19.1. The second-order valence-electron chi connectivity index (χ2n) is 7.64. The Hall–Kier alpha value is -3.93. The first-order valence-corrected chi connectivity index (χ1v) is 10.2. The number of benzene rings is 1. The van der Waals surface area contributed by atoms with Crippen LogP contribution in [0.25, 0.3) is 11.4 Å². The van der Waals surface area contributed by atoms with E-state index in [9.17, 15) is 9.18 Å². The summed E-state index contributed by atoms with van der Waals surface area (Å²) in [5.41, 5.74) is 6.27. The van der Waals surface area contributed by atoms with Gasteiger partial charge in [-0.1, -0.05) is 0 Å². The van der Waals surface area contributed by atoms with Crippen molar-refractivity contribution in [3.05, 3.63) is 42.0 Å². The highest BCUT2D eigenvalue weighted by Gasteiger charge is 2.24. The molecule has 0 spiro atoms. The van der Waals surface area contributed by atoms with E-state index in [-0.39, 0.29) is 41.0 Å². The Morgan fingerprint density at radius 2 is 2.00 bits per heavy atom. The number of carbonyl (C=O) groups excluding carboxylic acids is 1. The molecule has 172 valence electrons. The molecule has 12 heteroatoms. The molecule has 1 fully saturated rings. The molecule has 0 unspecified atom stereocenters. The normalized spacial score (nSPS) is 15.9. The van der Waals surface area contributed by atoms with E-state index in [2.05, 4.69) is 24.9 Å². The van der Waals surface area contributed by atoms with Crippen LogP contribution >= 0.6 is 0 Å². The molecule has 1 aromatic carbocycles. The first-order valence-electron chi connectivity index (χ1n) is 10.2. The van der Waals surface area contributed by atoms with Crippen molar-refractivity contribution in [3.63, 3.8) is 0 Å². The van der Waals surface area contributed by atoms with Crippen molar-refractivity contribution in [2.75, 3.05) is 44.5 Å². The molecule has 2 aromatic heterocycles. The predicted octanol–water partition coefficient (Wildman–Crippen LogP) is 1.77. The summed E-state index contributed by atoms with van der Waals surface area (Å²) in [4.78, 5) is 36.6. The molecule has 33 heavy (non-hydrogen) atoms. The van der Waals surface area contributed by atoms with Crippen LogP contribution in [-0.4, -0.2) is 75.6 Å². The minimum atomic E-state index is -0.721. The average Bonchev–Trinajstić information content (AvgIpc) is 2.80. The molecule has 1 aliphatic rings. The van der Waals surface area contributed by atoms with E-state index in [1.165, 1.54) is 29.4 Å². The van der Waals surface area contributed by atoms with Gasteiger partial charge in [-0.25, -0.2) is 14.4 Å². The number of nitrogens with two attached hydrogens (primary N) is 1. The van der Waals surface area contributed by atoms with Gasteiger partial charge in [0.25, 0.3) is 5.91 Å². The molecule has 4 rings (SSSR count). The maximum atomic E-state index is 14.7. The van der Waals surface area contributed by atoms with Gasteiger partial charge in [0.2, 0.25) is 11.9 Å². The summed E-state index contributed by atoms with van der Waals surface area (Å²) in [7, 11) is 3.18. The van der Waals surface area contributed by atoms with Crippen LogP contribution in [0.2, 0.25) is 0 Å². The number of nitrogen functional groups attached to an aromatic ring is 1. The molecule has 3 aromatic rings. The van der Waals surface area contributed by atoms with Gasteiger partial charge < -0.3 is 25.0 Å². The number of hydrogen-bond acceptors (Lipinski definition) is 10. The Morgan fingerprint density at radius 1 is 1.24 bits per heavy atom. The zero-order chi connectivity index (χ0) is 23.5. The van der Waals surface area contributed by atoms with E-state index >= 15 is 0 Å². The first kappa shape index (κ1) is 22.3. The van der Waals surface area contributed by atoms with E-state index in [1.54, 1.807) is 14.1 Å². The van der Waals surface area contributed by atoms with Crippen molar-refractivity contribution in [3.8, 4) is 23.1 Å². The Morgan fingerprint density at radius 3 is 2.67 bits per heavy atom. The van der Waals surface area contributed by atoms with Crippen LogP contribution in [0.4, 0.5) is 16.3 Å². The van der Waals surface area contributed by atoms with Gasteiger partial charge in [0.15, 0.2) is 17.4 Å². The third-order valence-electron chi connectivity index (χ3n) is 4.94. The fraction of sp³-hybridized carbons (Fsp3) is 0.333. The van der Waals surface area contributed by atoms with Crippen molar-refractivity contribution >= 4 is 17.8 Å². The zero-order valence-electron chi connectivity index (χ0n) is 18.4. The minimum absolute atomic E-state index is 0.0117. The molecule has 1 saturated heterocycles. The molecule has 2 N–H and O–H groups in total. The second-order valence-corrected chi connectivity index (χ2v) is 7.64. The molecule has 1 aliphatic heterocycles. The number of hydrogen-bond donors (Lipinski definition) is 1. The van der Waals surface area contributed by atoms with Crippen LogP contribution in [-0.2, 0) is 4.74 Å². The quantitative estimate of drug-likeness (QED) is 0.608. The van der Waals surface area contributed by atoms with Gasteiger partial charge in [-0.2, -0.15) is 15.0 Å². The standard InChI is InChI=1S/C21H23FN8O3/c1-12-11-32-7-6-30(12)20-26-17(14-9-24-19(23)25-10-14)27-21(28-20)33-16-5-4-13(8-15(16)22)18(31)29(2)3/h4-5,8-10,12H,6-7,11H2,1-3H3,(H2,23,24,25)/t12-/m0/s1. The molecular weight excluding hydrogens is 431 g/mol. The molecule has 11 nitrogen and oxygen atoms in total. The van der Waals surface area contributed by atoms with Crippen LogP contribution in [0.3, 0.4) is 0 Å². The highest BCUT2D eigenvalue weighted by Crippen LogP contribution is 2.27. The summed E-state index contributed by atoms with van der Waals surface area (Å²) < 4.78 is 25.9. The lowest BCUT2D eigenvalue weighted by molar-refractivity contribution is 0.0827. The topological polar surface area (TPSA) is 132 Å². The number of morpholine rings is 1. The fourth-order valence-electron chi connectivity index (χ4n) is 3.20. The summed E-state index contributed by atoms with van der Waals surface area (Å²) in [6, 6.07) is 3.84. The maximum absolute atomic E-state index is 14.7. The number of aromatic nitrogens is 5. The second kappa shape index (κ2) is 9.28. The third kappa shape index (κ3) is 4.95. The Kier molecular flexibility index (Phi) is 6.27. The lowest BCUT2D eigenvalue weighted by Crippen LogP contribution is -2.44. The Labute approximate surface area is 189 Å². The monoisotopic (exact) mass is 454 g/mol. The number of rotatable bonds is 5. The van der Waals surface area contributed by atoms with Gasteiger partial charge in [-0.05, 0) is 25.1 Å². The van der Waals surface area contributed by atoms with Gasteiger partial charge >= 0.3 is 6.01 Å². The maximum Gasteiger partial charge on any atom is 0.327 e. The summed E-state index contributed by atoms with van der Waals surface area (Å²) in [6.07, 6.45) is 2.96. The van der Waals surface area contributed by atoms with Crippen molar-refractivity contribution in [1.29, 1.82) is 0 Å². The molecule has 0 saturated carbocycles. The van der Waals surface area contributed by atoms with E-state index in [1.807, 2.05) is 11.8 Å². The lowest BCUT2D eigenvalue weighted by atomic mass is 10.2. The third-order valence-corrected chi connectivity index (χ3v) is 4.94. The van der Waals surface area contributed by atoms with E-state index < -0.39 is 5.82 Å². The number of nitrogens with zero attached hydrogens (tertiary/aromatic N) is 7. The molecule has 3 heterocycles. The summed E-state index contributed by atoms with van der Waals surface area (Å²) in [5.74, 6) is -0.467. The number of carbonyl (C=O) groups is 1. The summed E-state index contributed by atoms with van der Waals surface area (Å²) >= 11 is 0. The van der Waals surface area contributed by atoms with Gasteiger partial charge in [-0.3, -0.25) is 4.79 Å². The number of anilines is 2. The van der Waals surface area contributed by atoms with Gasteiger partial charge in [0.1, 0.15) is 0 Å². The first-order chi connectivity index (χ1) is 15.8. The summed E-state index contributed by atoms with van der Waals surface area (Å²) in [5, 5.41) is 0. The van der Waals surface area contributed by atoms with Crippen LogP contribution in [0.5, 0.6) is 11.8 Å². The summed E-state index contributed by atoms with van der Waals surface area (Å²) in [6.45, 7) is 3.58. The highest BCUT2D eigenvalue weighted by molar-refractivity contribution is 5.94. The Bertz CT molecular complexity index is 1160. The van der Waals surface area contributed by atoms with E-state index in [0.29, 0.717) is 31.3 Å². The number of amides is 1. The SMILES string of the molecule is C[C@H]1COCCN1c1nc(Oc2ccc(C(=O)N(C)C)cc2F)nc(-c2cnc(N)nc2)n1. The van der Waals surface area contributed by atoms with Crippen molar-refractivity contribution < 1.29 is 18.7 Å². The van der Waals surface area contributed by atoms with Crippen LogP contribution in [0.15, 0.2) is 30.6 Å². The zero-order valence-corrected chi connectivity index (χ0v) is 18.4. The fourth-order valence-corrected chi connectivity index (χ4v) is 3.20. The van der Waals surface area contributed by atoms with Crippen LogP contribution in [0.1, 0.15) is 17.3 Å². The number of ether oxygens (including phenoxy) is 2. The van der Waals surface area contributed by atoms with Gasteiger partial charge in [0, 0.05) is 38.6 Å². The van der Waals surface area contributed by atoms with Crippen molar-refractivity contribution in [2.24, 2.45) is 0 Å². The molecular formula is C21H23FN8O3. The minimum Gasteiger partial charge on any atom is -0.421 e. The lowest BCUT2D eigenvalue weighted by Gasteiger charge is -2.33. The number of halogens is 1. The van der Waals surface area contributed by atoms with Crippen molar-refractivity contribution in [2.45, 2.75) is 13.0 Å². The molecule has 0 bridgehead atoms. The van der Waals surface area contributed by atoms with Crippen LogP contribution < -0.4 is 15.4 Å².